The van der Waals surface area contributed by atoms with Gasteiger partial charge in [0, 0.05) is 0 Å². The van der Waals surface area contributed by atoms with E-state index < -0.39 is 16.9 Å². The average Bonchev–Trinajstić information content (AvgIpc) is 2.94. The van der Waals surface area contributed by atoms with Crippen molar-refractivity contribution in [1.82, 2.24) is 10.4 Å². The van der Waals surface area contributed by atoms with Gasteiger partial charge in [0.15, 0.2) is 10.6 Å². The third-order valence-electron chi connectivity index (χ3n) is 2.83. The van der Waals surface area contributed by atoms with E-state index in [0.29, 0.717) is 16.6 Å². The van der Waals surface area contributed by atoms with Gasteiger partial charge in [-0.05, 0) is 43.3 Å². The predicted octanol–water partition coefficient (Wildman–Crippen LogP) is 1.55. The normalized spacial score (nSPS) is 21.1. The van der Waals surface area contributed by atoms with E-state index in [1.807, 2.05) is 18.2 Å². The average molecular weight is 305 g/mol. The highest BCUT2D eigenvalue weighted by atomic mass is 32.1. The van der Waals surface area contributed by atoms with Crippen molar-refractivity contribution in [1.29, 1.82) is 0 Å². The highest BCUT2D eigenvalue weighted by Gasteiger charge is 2.28. The minimum Gasteiger partial charge on any atom is -0.449 e. The minimum atomic E-state index is -0.963. The van der Waals surface area contributed by atoms with Crippen molar-refractivity contribution >= 4 is 18.7 Å². The number of nitrogens with two attached hydrogens (primary N) is 1. The second kappa shape index (κ2) is 5.99. The van der Waals surface area contributed by atoms with Crippen LogP contribution in [0, 0.1) is 11.8 Å². The Bertz CT molecular complexity index is 656. The van der Waals surface area contributed by atoms with Gasteiger partial charge in [0.05, 0.1) is 0 Å². The zero-order valence-corrected chi connectivity index (χ0v) is 12.2. The molecule has 2 heterocycles. The molecule has 2 unspecified atom stereocenters. The molecule has 2 atom stereocenters. The topological polar surface area (TPSA) is 91.7 Å². The summed E-state index contributed by atoms with van der Waals surface area (Å²) in [7, 11) is 0. The number of carbonyl (C=O) groups excluding carboxylic acids is 1. The lowest BCUT2D eigenvalue weighted by molar-refractivity contribution is -0.0536. The number of nitrogens with zero attached hydrogens (tertiary/aromatic N) is 1. The number of thiol groups is 1. The van der Waals surface area contributed by atoms with Crippen molar-refractivity contribution in [3.8, 4) is 11.8 Å². The molecule has 0 fully saturated rings. The summed E-state index contributed by atoms with van der Waals surface area (Å²) in [4.78, 5) is 10.1. The first-order chi connectivity index (χ1) is 9.92. The molecule has 1 aliphatic heterocycles. The molecule has 6 nitrogen and oxygen atoms in total. The Balaban J connectivity index is 2.13. The SMILES string of the molecule is CC(C#Cc1ccc(C2(S)C=CC=CN2)o1)N(O)C(N)=O. The number of primary amides is 1. The molecule has 1 aliphatic rings. The monoisotopic (exact) mass is 305 g/mol. The molecule has 0 spiro atoms. The van der Waals surface area contributed by atoms with Crippen molar-refractivity contribution in [3.05, 3.63) is 48.1 Å². The van der Waals surface area contributed by atoms with E-state index in [4.69, 9.17) is 10.2 Å². The smallest absolute Gasteiger partial charge is 0.339 e. The summed E-state index contributed by atoms with van der Waals surface area (Å²) in [5.74, 6) is 6.37. The van der Waals surface area contributed by atoms with Crippen molar-refractivity contribution in [3.63, 3.8) is 0 Å². The zero-order chi connectivity index (χ0) is 15.5. The van der Waals surface area contributed by atoms with Crippen LogP contribution in [0.15, 0.2) is 41.0 Å². The van der Waals surface area contributed by atoms with Crippen molar-refractivity contribution in [2.45, 2.75) is 17.8 Å². The Morgan fingerprint density at radius 2 is 2.33 bits per heavy atom. The molecular formula is C14H15N3O3S. The van der Waals surface area contributed by atoms with E-state index in [9.17, 15) is 10.0 Å². The lowest BCUT2D eigenvalue weighted by Gasteiger charge is -2.24. The maximum Gasteiger partial charge on any atom is 0.339 e. The van der Waals surface area contributed by atoms with Crippen LogP contribution in [0.1, 0.15) is 18.4 Å². The first-order valence-electron chi connectivity index (χ1n) is 6.16. The van der Waals surface area contributed by atoms with Crippen LogP contribution in [0.4, 0.5) is 4.79 Å². The standard InChI is InChI=1S/C14H15N3O3S/c1-10(17(19)13(15)18)4-5-11-6-7-12(20-11)14(21)8-2-3-9-16-14/h2-3,6-10,16,19,21H,1H3,(H2,15,18). The fraction of sp³-hybridized carbons (Fsp3) is 0.214. The molecule has 0 aromatic carbocycles. The number of dihydropyridines is 1. The largest absolute Gasteiger partial charge is 0.449 e. The number of carbonyl (C=O) groups is 1. The number of nitrogens with one attached hydrogen (secondary N) is 1. The van der Waals surface area contributed by atoms with E-state index >= 15 is 0 Å². The Morgan fingerprint density at radius 1 is 1.57 bits per heavy atom. The van der Waals surface area contributed by atoms with Gasteiger partial charge in [-0.15, -0.1) is 12.6 Å². The van der Waals surface area contributed by atoms with Gasteiger partial charge in [-0.1, -0.05) is 12.0 Å². The molecule has 1 aromatic heterocycles. The molecule has 2 rings (SSSR count). The number of hydrogen-bond acceptors (Lipinski definition) is 5. The van der Waals surface area contributed by atoms with Crippen LogP contribution in [-0.2, 0) is 4.87 Å². The molecule has 110 valence electrons. The van der Waals surface area contributed by atoms with Crippen LogP contribution >= 0.6 is 12.6 Å². The molecule has 1 aromatic rings. The van der Waals surface area contributed by atoms with Gasteiger partial charge in [-0.2, -0.15) is 5.06 Å². The number of hydrogen-bond donors (Lipinski definition) is 4. The van der Waals surface area contributed by atoms with E-state index in [2.05, 4.69) is 29.8 Å². The van der Waals surface area contributed by atoms with Crippen LogP contribution in [0.2, 0.25) is 0 Å². The summed E-state index contributed by atoms with van der Waals surface area (Å²) in [6.45, 7) is 1.54. The van der Waals surface area contributed by atoms with Gasteiger partial charge >= 0.3 is 6.03 Å². The van der Waals surface area contributed by atoms with Gasteiger partial charge < -0.3 is 15.5 Å². The summed E-state index contributed by atoms with van der Waals surface area (Å²) >= 11 is 4.52. The molecule has 0 saturated heterocycles. The quantitative estimate of drug-likeness (QED) is 0.289. The first kappa shape index (κ1) is 15.1. The third-order valence-corrected chi connectivity index (χ3v) is 3.33. The molecule has 4 N–H and O–H groups in total. The lowest BCUT2D eigenvalue weighted by atomic mass is 10.1. The van der Waals surface area contributed by atoms with E-state index in [-0.39, 0.29) is 0 Å². The van der Waals surface area contributed by atoms with Gasteiger partial charge in [0.1, 0.15) is 11.8 Å². The fourth-order valence-corrected chi connectivity index (χ4v) is 1.95. The molecule has 0 saturated carbocycles. The Labute approximate surface area is 127 Å². The molecule has 7 heteroatoms. The maximum atomic E-state index is 10.8. The van der Waals surface area contributed by atoms with E-state index in [1.54, 1.807) is 18.3 Å². The van der Waals surface area contributed by atoms with Crippen LogP contribution in [-0.4, -0.2) is 22.3 Å². The second-order valence-corrected chi connectivity index (χ2v) is 5.13. The Hall–Kier alpha value is -2.30. The molecule has 0 bridgehead atoms. The molecule has 0 aliphatic carbocycles. The van der Waals surface area contributed by atoms with Crippen molar-refractivity contribution < 1.29 is 14.4 Å². The molecule has 2 amide bonds. The minimum absolute atomic E-state index is 0.354. The van der Waals surface area contributed by atoms with Gasteiger partial charge in [-0.3, -0.25) is 5.21 Å². The Kier molecular flexibility index (Phi) is 4.31. The van der Waals surface area contributed by atoms with E-state index in [1.165, 1.54) is 6.92 Å². The number of furan rings is 1. The second-order valence-electron chi connectivity index (χ2n) is 4.42. The highest BCUT2D eigenvalue weighted by molar-refractivity contribution is 7.81. The summed E-state index contributed by atoms with van der Waals surface area (Å²) < 4.78 is 5.60. The molecule has 21 heavy (non-hydrogen) atoms. The van der Waals surface area contributed by atoms with Gasteiger partial charge in [0.2, 0.25) is 0 Å². The van der Waals surface area contributed by atoms with Crippen LogP contribution in [0.25, 0.3) is 0 Å². The number of hydroxylamine groups is 2. The first-order valence-corrected chi connectivity index (χ1v) is 6.61. The predicted molar refractivity (Wildman–Crippen MR) is 80.3 cm³/mol. The number of urea groups is 1. The number of amides is 2. The lowest BCUT2D eigenvalue weighted by Crippen LogP contribution is -2.38. The van der Waals surface area contributed by atoms with Crippen LogP contribution in [0.3, 0.4) is 0 Å². The summed E-state index contributed by atoms with van der Waals surface area (Å²) in [5, 5.41) is 12.7. The molecular weight excluding hydrogens is 290 g/mol. The van der Waals surface area contributed by atoms with Crippen LogP contribution < -0.4 is 11.1 Å². The van der Waals surface area contributed by atoms with Crippen molar-refractivity contribution in [2.24, 2.45) is 5.73 Å². The molecule has 0 radical (unpaired) electrons. The zero-order valence-electron chi connectivity index (χ0n) is 11.3. The van der Waals surface area contributed by atoms with Gasteiger partial charge in [0.25, 0.3) is 0 Å². The van der Waals surface area contributed by atoms with E-state index in [0.717, 1.165) is 0 Å². The Morgan fingerprint density at radius 3 is 2.95 bits per heavy atom. The highest BCUT2D eigenvalue weighted by Crippen LogP contribution is 2.30. The van der Waals surface area contributed by atoms with Crippen molar-refractivity contribution in [2.75, 3.05) is 0 Å². The summed E-state index contributed by atoms with van der Waals surface area (Å²) in [6, 6.07) is 1.74. The number of rotatable bonds is 2. The third kappa shape index (κ3) is 3.42. The number of allylic oxidation sites excluding steroid dienone is 2. The maximum absolute atomic E-state index is 10.8. The summed E-state index contributed by atoms with van der Waals surface area (Å²) in [5.41, 5.74) is 4.94. The van der Waals surface area contributed by atoms with Crippen LogP contribution in [0.5, 0.6) is 0 Å². The summed E-state index contributed by atoms with van der Waals surface area (Å²) in [6.07, 6.45) is 7.31. The fourth-order valence-electron chi connectivity index (χ4n) is 1.66. The van der Waals surface area contributed by atoms with Gasteiger partial charge in [-0.25, -0.2) is 4.79 Å².